The minimum Gasteiger partial charge on any atom is -0.289 e. The summed E-state index contributed by atoms with van der Waals surface area (Å²) in [6.45, 7) is 0. The van der Waals surface area contributed by atoms with Gasteiger partial charge in [-0.1, -0.05) is 303 Å². The zero-order chi connectivity index (χ0) is 57.6. The van der Waals surface area contributed by atoms with E-state index in [0.717, 1.165) is 122 Å². The first-order chi connectivity index (χ1) is 42.5. The van der Waals surface area contributed by atoms with Crippen LogP contribution in [0.5, 0.6) is 0 Å². The van der Waals surface area contributed by atoms with Crippen LogP contribution in [0.2, 0.25) is 0 Å². The molecule has 0 aliphatic heterocycles. The number of benzene rings is 14. The van der Waals surface area contributed by atoms with Gasteiger partial charge in [0.05, 0.1) is 0 Å². The molecule has 0 atom stereocenters. The van der Waals surface area contributed by atoms with Crippen molar-refractivity contribution in [3.63, 3.8) is 0 Å². The Morgan fingerprint density at radius 3 is 0.651 bits per heavy atom. The van der Waals surface area contributed by atoms with Crippen LogP contribution in [0.1, 0.15) is 15.9 Å². The summed E-state index contributed by atoms with van der Waals surface area (Å²) in [6.07, 6.45) is 0. The van der Waals surface area contributed by atoms with Gasteiger partial charge in [-0.15, -0.1) is 0 Å². The summed E-state index contributed by atoms with van der Waals surface area (Å²) in [5, 5.41) is 0. The fraction of sp³-hybridized carbons (Fsp3) is 0. The zero-order valence-electron chi connectivity index (χ0n) is 47.4. The number of carbonyl (C=O) groups excluding carboxylic acids is 1. The van der Waals surface area contributed by atoms with Gasteiger partial charge in [-0.3, -0.25) is 4.79 Å². The van der Waals surface area contributed by atoms with Crippen LogP contribution in [0, 0.1) is 0 Å². The van der Waals surface area contributed by atoms with Crippen molar-refractivity contribution in [1.82, 2.24) is 0 Å². The van der Waals surface area contributed by atoms with Crippen molar-refractivity contribution in [2.75, 3.05) is 0 Å². The Labute approximate surface area is 504 Å². The van der Waals surface area contributed by atoms with Crippen LogP contribution in [0.15, 0.2) is 352 Å². The number of hydrogen-bond donors (Lipinski definition) is 0. The van der Waals surface area contributed by atoms with Gasteiger partial charge in [-0.05, 0) is 182 Å². The predicted octanol–water partition coefficient (Wildman–Crippen LogP) is 22.9. The molecule has 0 bridgehead atoms. The summed E-state index contributed by atoms with van der Waals surface area (Å²) >= 11 is 0. The molecule has 0 saturated heterocycles. The molecule has 0 aliphatic carbocycles. The lowest BCUT2D eigenvalue weighted by Gasteiger charge is -2.19. The molecule has 0 spiro atoms. The first-order valence-corrected chi connectivity index (χ1v) is 29.4. The Morgan fingerprint density at radius 2 is 0.337 bits per heavy atom. The standard InChI is InChI=1S/C85H58O/c86-85(75-53-71(79-37-21-19-35-77(79)67-43-39-63(40-44-67)59-23-7-1-8-24-59)51-73(55-75)83-57-69(61-27-11-3-12-28-61)47-49-81(83)65-31-15-5-16-32-65)76-54-72(80-38-22-20-36-78(80)68-45-41-64(42-46-68)60-25-9-2-10-26-60)52-74(56-76)84-58-70(62-29-13-4-14-30-62)48-50-82(84)66-33-17-6-18-34-66/h1-58H. The molecule has 0 saturated carbocycles. The highest BCUT2D eigenvalue weighted by molar-refractivity contribution is 6.12. The average Bonchev–Trinajstić information content (AvgIpc) is 2.02. The van der Waals surface area contributed by atoms with E-state index >= 15 is 4.79 Å². The van der Waals surface area contributed by atoms with Crippen molar-refractivity contribution in [2.45, 2.75) is 0 Å². The number of ketones is 1. The minimum atomic E-state index is -0.0773. The fourth-order valence-electron chi connectivity index (χ4n) is 12.2. The maximum Gasteiger partial charge on any atom is 0.193 e. The van der Waals surface area contributed by atoms with E-state index in [2.05, 4.69) is 352 Å². The normalized spacial score (nSPS) is 11.1. The smallest absolute Gasteiger partial charge is 0.193 e. The molecule has 0 aliphatic rings. The van der Waals surface area contributed by atoms with Crippen LogP contribution in [0.25, 0.3) is 134 Å². The average molecular weight is 1100 g/mol. The lowest BCUT2D eigenvalue weighted by Crippen LogP contribution is -2.04. The molecular formula is C85H58O. The minimum absolute atomic E-state index is 0.0773. The van der Waals surface area contributed by atoms with Crippen molar-refractivity contribution in [1.29, 1.82) is 0 Å². The van der Waals surface area contributed by atoms with Crippen LogP contribution >= 0.6 is 0 Å². The van der Waals surface area contributed by atoms with E-state index in [4.69, 9.17) is 0 Å². The molecule has 0 heterocycles. The van der Waals surface area contributed by atoms with Gasteiger partial charge in [0.15, 0.2) is 5.78 Å². The van der Waals surface area contributed by atoms with Crippen molar-refractivity contribution >= 4 is 5.78 Å². The second-order valence-corrected chi connectivity index (χ2v) is 21.9. The van der Waals surface area contributed by atoms with Gasteiger partial charge in [0, 0.05) is 11.1 Å². The molecule has 0 aromatic heterocycles. The summed E-state index contributed by atoms with van der Waals surface area (Å²) in [5.74, 6) is -0.0773. The number of hydrogen-bond acceptors (Lipinski definition) is 1. The van der Waals surface area contributed by atoms with Crippen molar-refractivity contribution < 1.29 is 4.79 Å². The molecule has 1 nitrogen and oxygen atoms in total. The van der Waals surface area contributed by atoms with E-state index in [0.29, 0.717) is 11.1 Å². The maximum atomic E-state index is 16.5. The molecule has 86 heavy (non-hydrogen) atoms. The lowest BCUT2D eigenvalue weighted by atomic mass is 9.84. The van der Waals surface area contributed by atoms with E-state index in [1.54, 1.807) is 0 Å². The van der Waals surface area contributed by atoms with E-state index in [9.17, 15) is 0 Å². The van der Waals surface area contributed by atoms with Gasteiger partial charge < -0.3 is 0 Å². The largest absolute Gasteiger partial charge is 0.289 e. The van der Waals surface area contributed by atoms with Crippen LogP contribution in [-0.4, -0.2) is 5.78 Å². The highest BCUT2D eigenvalue weighted by Gasteiger charge is 2.22. The molecule has 14 aromatic carbocycles. The van der Waals surface area contributed by atoms with E-state index in [-0.39, 0.29) is 5.78 Å². The van der Waals surface area contributed by atoms with E-state index < -0.39 is 0 Å². The fourth-order valence-corrected chi connectivity index (χ4v) is 12.2. The molecule has 14 aromatic rings. The molecule has 0 fully saturated rings. The summed E-state index contributed by atoms with van der Waals surface area (Å²) in [4.78, 5) is 16.5. The van der Waals surface area contributed by atoms with E-state index in [1.165, 1.54) is 11.1 Å². The molecule has 0 N–H and O–H groups in total. The van der Waals surface area contributed by atoms with Crippen LogP contribution in [0.4, 0.5) is 0 Å². The Hall–Kier alpha value is -11.3. The Morgan fingerprint density at radius 1 is 0.140 bits per heavy atom. The highest BCUT2D eigenvalue weighted by atomic mass is 16.1. The predicted molar refractivity (Wildman–Crippen MR) is 362 cm³/mol. The third kappa shape index (κ3) is 11.0. The SMILES string of the molecule is O=C(c1cc(-c2ccccc2-c2ccc(-c3ccccc3)cc2)cc(-c2cc(-c3ccccc3)ccc2-c2ccccc2)c1)c1cc(-c2ccccc2-c2ccc(-c3ccccc3)cc2)cc(-c2cc(-c3ccccc3)ccc2-c2ccccc2)c1. The molecule has 0 amide bonds. The molecular weight excluding hydrogens is 1040 g/mol. The number of rotatable bonds is 14. The van der Waals surface area contributed by atoms with Crippen molar-refractivity contribution in [3.05, 3.63) is 363 Å². The third-order valence-electron chi connectivity index (χ3n) is 16.5. The third-order valence-corrected chi connectivity index (χ3v) is 16.5. The second kappa shape index (κ2) is 23.9. The molecule has 0 radical (unpaired) electrons. The first kappa shape index (κ1) is 52.8. The van der Waals surface area contributed by atoms with E-state index in [1.807, 2.05) is 0 Å². The number of carbonyl (C=O) groups is 1. The molecule has 1 heteroatoms. The monoisotopic (exact) mass is 1090 g/mol. The van der Waals surface area contributed by atoms with Crippen LogP contribution < -0.4 is 0 Å². The van der Waals surface area contributed by atoms with Gasteiger partial charge in [-0.25, -0.2) is 0 Å². The Kier molecular flexibility index (Phi) is 14.7. The Bertz CT molecular complexity index is 4380. The molecule has 0 unspecified atom stereocenters. The van der Waals surface area contributed by atoms with Gasteiger partial charge in [0.2, 0.25) is 0 Å². The van der Waals surface area contributed by atoms with Gasteiger partial charge in [0.1, 0.15) is 0 Å². The zero-order valence-corrected chi connectivity index (χ0v) is 47.4. The summed E-state index contributed by atoms with van der Waals surface area (Å²) in [7, 11) is 0. The van der Waals surface area contributed by atoms with Crippen LogP contribution in [0.3, 0.4) is 0 Å². The van der Waals surface area contributed by atoms with Gasteiger partial charge in [-0.2, -0.15) is 0 Å². The summed E-state index contributed by atoms with van der Waals surface area (Å²) in [6, 6.07) is 125. The van der Waals surface area contributed by atoms with Gasteiger partial charge >= 0.3 is 0 Å². The molecule has 14 rings (SSSR count). The van der Waals surface area contributed by atoms with Crippen LogP contribution in [-0.2, 0) is 0 Å². The quantitative estimate of drug-likeness (QED) is 0.0992. The first-order valence-electron chi connectivity index (χ1n) is 29.4. The summed E-state index contributed by atoms with van der Waals surface area (Å²) in [5.41, 5.74) is 26.8. The highest BCUT2D eigenvalue weighted by Crippen LogP contribution is 2.44. The summed E-state index contributed by atoms with van der Waals surface area (Å²) < 4.78 is 0. The second-order valence-electron chi connectivity index (χ2n) is 21.9. The molecule has 404 valence electrons. The topological polar surface area (TPSA) is 17.1 Å². The lowest BCUT2D eigenvalue weighted by molar-refractivity contribution is 0.103. The van der Waals surface area contributed by atoms with Crippen molar-refractivity contribution in [2.24, 2.45) is 0 Å². The maximum absolute atomic E-state index is 16.5. The Balaban J connectivity index is 0.992. The van der Waals surface area contributed by atoms with Crippen molar-refractivity contribution in [3.8, 4) is 134 Å². The van der Waals surface area contributed by atoms with Gasteiger partial charge in [0.25, 0.3) is 0 Å².